The number of benzene rings is 2. The lowest BCUT2D eigenvalue weighted by Gasteiger charge is -2.22. The van der Waals surface area contributed by atoms with Gasteiger partial charge in [-0.15, -0.1) is 0 Å². The Morgan fingerprint density at radius 2 is 1.92 bits per heavy atom. The quantitative estimate of drug-likeness (QED) is 0.169. The van der Waals surface area contributed by atoms with Crippen LogP contribution in [0.5, 0.6) is 0 Å². The number of halogens is 1. The van der Waals surface area contributed by atoms with Crippen LogP contribution in [0.25, 0.3) is 11.1 Å². The molecule has 0 aliphatic carbocycles. The lowest BCUT2D eigenvalue weighted by molar-refractivity contribution is 0.134. The standard InChI is InChI=1S/C27H30ClN5O5S/c1-4-37-15-20-13-19(14-31-23-11-12-30-26(28)25(23)29)9-10-21(20)22-7-5-6-8-24(22)39(35,36)33(16-34)27-17(2)18(3)38-32-27/h5-13,34H,4,14-16,29H2,1-3H3,(H,30,31). The molecule has 39 heavy (non-hydrogen) atoms. The summed E-state index contributed by atoms with van der Waals surface area (Å²) in [5, 5.41) is 17.4. The number of ether oxygens (including phenoxy) is 1. The molecular formula is C27H30ClN5O5S. The number of aromatic nitrogens is 2. The van der Waals surface area contributed by atoms with Crippen molar-refractivity contribution in [2.45, 2.75) is 38.8 Å². The normalized spacial score (nSPS) is 11.5. The SMILES string of the molecule is CCOCc1cc(CNc2ccnc(Cl)c2N)ccc1-c1ccccc1S(=O)(=O)N(CO)c1noc(C)c1C. The number of sulfonamides is 1. The van der Waals surface area contributed by atoms with E-state index in [0.717, 1.165) is 15.4 Å². The molecule has 10 nitrogen and oxygen atoms in total. The number of nitrogens with one attached hydrogen (secondary N) is 1. The van der Waals surface area contributed by atoms with Gasteiger partial charge in [0.25, 0.3) is 10.0 Å². The Hall–Kier alpha value is -3.64. The molecule has 2 heterocycles. The average molecular weight is 572 g/mol. The molecule has 0 atom stereocenters. The van der Waals surface area contributed by atoms with Gasteiger partial charge in [0, 0.05) is 30.5 Å². The molecule has 0 aliphatic heterocycles. The van der Waals surface area contributed by atoms with Crippen molar-refractivity contribution in [3.8, 4) is 11.1 Å². The lowest BCUT2D eigenvalue weighted by atomic mass is 9.97. The molecule has 0 unspecified atom stereocenters. The average Bonchev–Trinajstić information content (AvgIpc) is 3.26. The van der Waals surface area contributed by atoms with E-state index < -0.39 is 16.8 Å². The molecular weight excluding hydrogens is 542 g/mol. The molecule has 12 heteroatoms. The highest BCUT2D eigenvalue weighted by Gasteiger charge is 2.31. The maximum absolute atomic E-state index is 13.8. The van der Waals surface area contributed by atoms with Crippen LogP contribution in [0.2, 0.25) is 5.15 Å². The highest BCUT2D eigenvalue weighted by molar-refractivity contribution is 7.93. The third-order valence-corrected chi connectivity index (χ3v) is 8.38. The van der Waals surface area contributed by atoms with Crippen LogP contribution in [0.15, 0.2) is 64.1 Å². The molecule has 0 saturated carbocycles. The first-order chi connectivity index (χ1) is 18.7. The van der Waals surface area contributed by atoms with Crippen molar-refractivity contribution < 1.29 is 22.8 Å². The molecule has 0 aliphatic rings. The Morgan fingerprint density at radius 3 is 2.62 bits per heavy atom. The minimum atomic E-state index is -4.22. The van der Waals surface area contributed by atoms with E-state index >= 15 is 0 Å². The van der Waals surface area contributed by atoms with Gasteiger partial charge in [-0.1, -0.05) is 53.2 Å². The van der Waals surface area contributed by atoms with Crippen LogP contribution < -0.4 is 15.4 Å². The maximum atomic E-state index is 13.8. The van der Waals surface area contributed by atoms with Crippen LogP contribution in [0, 0.1) is 13.8 Å². The number of hydrogen-bond acceptors (Lipinski definition) is 9. The van der Waals surface area contributed by atoms with Crippen molar-refractivity contribution in [2.75, 3.05) is 28.7 Å². The van der Waals surface area contributed by atoms with E-state index in [-0.39, 0.29) is 22.5 Å². The second kappa shape index (κ2) is 12.0. The first-order valence-electron chi connectivity index (χ1n) is 12.2. The van der Waals surface area contributed by atoms with Crippen LogP contribution in [0.4, 0.5) is 17.2 Å². The summed E-state index contributed by atoms with van der Waals surface area (Å²) < 4.78 is 39.4. The third-order valence-electron chi connectivity index (χ3n) is 6.30. The number of nitrogens with two attached hydrogens (primary N) is 1. The fourth-order valence-electron chi connectivity index (χ4n) is 4.08. The van der Waals surface area contributed by atoms with E-state index in [0.29, 0.717) is 47.0 Å². The number of hydrogen-bond donors (Lipinski definition) is 3. The Balaban J connectivity index is 1.74. The summed E-state index contributed by atoms with van der Waals surface area (Å²) in [5.41, 5.74) is 10.4. The summed E-state index contributed by atoms with van der Waals surface area (Å²) >= 11 is 6.03. The van der Waals surface area contributed by atoms with Crippen molar-refractivity contribution >= 4 is 38.8 Å². The molecule has 2 aromatic heterocycles. The Labute approximate surface area is 232 Å². The van der Waals surface area contributed by atoms with Gasteiger partial charge in [0.2, 0.25) is 0 Å². The molecule has 206 valence electrons. The maximum Gasteiger partial charge on any atom is 0.268 e. The molecule has 0 radical (unpaired) electrons. The Bertz CT molecular complexity index is 1570. The fourth-order valence-corrected chi connectivity index (χ4v) is 5.73. The van der Waals surface area contributed by atoms with Crippen LogP contribution >= 0.6 is 11.6 Å². The number of pyridine rings is 1. The second-order valence-corrected chi connectivity index (χ2v) is 10.9. The fraction of sp³-hybridized carbons (Fsp3) is 0.259. The molecule has 0 spiro atoms. The first kappa shape index (κ1) is 28.4. The van der Waals surface area contributed by atoms with Crippen LogP contribution in [0.1, 0.15) is 29.4 Å². The summed E-state index contributed by atoms with van der Waals surface area (Å²) in [6.45, 7) is 5.64. The highest BCUT2D eigenvalue weighted by Crippen LogP contribution is 2.35. The zero-order valence-electron chi connectivity index (χ0n) is 21.8. The van der Waals surface area contributed by atoms with Crippen LogP contribution in [-0.4, -0.2) is 37.0 Å². The van der Waals surface area contributed by atoms with Crippen LogP contribution in [0.3, 0.4) is 0 Å². The zero-order valence-corrected chi connectivity index (χ0v) is 23.4. The molecule has 0 amide bonds. The zero-order chi connectivity index (χ0) is 28.2. The van der Waals surface area contributed by atoms with Gasteiger partial charge in [0.05, 0.1) is 22.9 Å². The van der Waals surface area contributed by atoms with Gasteiger partial charge in [-0.05, 0) is 49.6 Å². The van der Waals surface area contributed by atoms with Gasteiger partial charge in [-0.2, -0.15) is 0 Å². The van der Waals surface area contributed by atoms with Crippen molar-refractivity contribution in [2.24, 2.45) is 0 Å². The van der Waals surface area contributed by atoms with Crippen molar-refractivity contribution in [3.63, 3.8) is 0 Å². The van der Waals surface area contributed by atoms with Crippen molar-refractivity contribution in [1.29, 1.82) is 0 Å². The summed E-state index contributed by atoms with van der Waals surface area (Å²) in [5.74, 6) is 0.502. The predicted molar refractivity (Wildman–Crippen MR) is 151 cm³/mol. The smallest absolute Gasteiger partial charge is 0.268 e. The van der Waals surface area contributed by atoms with Gasteiger partial charge >= 0.3 is 0 Å². The monoisotopic (exact) mass is 571 g/mol. The largest absolute Gasteiger partial charge is 0.395 e. The molecule has 4 N–H and O–H groups in total. The number of aryl methyl sites for hydroxylation is 1. The van der Waals surface area contributed by atoms with Crippen molar-refractivity contribution in [3.05, 3.63) is 82.3 Å². The number of aliphatic hydroxyl groups excluding tert-OH is 1. The third kappa shape index (κ3) is 5.86. The van der Waals surface area contributed by atoms with Gasteiger partial charge in [-0.25, -0.2) is 17.7 Å². The van der Waals surface area contributed by atoms with E-state index in [1.54, 1.807) is 44.3 Å². The van der Waals surface area contributed by atoms with Crippen LogP contribution in [-0.2, 0) is 27.9 Å². The predicted octanol–water partition coefficient (Wildman–Crippen LogP) is 4.88. The summed E-state index contributed by atoms with van der Waals surface area (Å²) in [7, 11) is -4.22. The number of nitrogen functional groups attached to an aromatic ring is 1. The van der Waals surface area contributed by atoms with Gasteiger partial charge in [0.15, 0.2) is 11.0 Å². The van der Waals surface area contributed by atoms with E-state index in [1.165, 1.54) is 6.07 Å². The number of aliphatic hydroxyl groups is 1. The van der Waals surface area contributed by atoms with E-state index in [2.05, 4.69) is 15.5 Å². The first-order valence-corrected chi connectivity index (χ1v) is 14.0. The molecule has 2 aromatic carbocycles. The number of nitrogens with zero attached hydrogens (tertiary/aromatic N) is 3. The molecule has 0 bridgehead atoms. The van der Waals surface area contributed by atoms with E-state index in [4.69, 9.17) is 26.6 Å². The second-order valence-electron chi connectivity index (χ2n) is 8.72. The molecule has 0 saturated heterocycles. The lowest BCUT2D eigenvalue weighted by Crippen LogP contribution is -2.33. The summed E-state index contributed by atoms with van der Waals surface area (Å²) in [6.07, 6.45) is 1.57. The topological polar surface area (TPSA) is 144 Å². The summed E-state index contributed by atoms with van der Waals surface area (Å²) in [6, 6.07) is 14.1. The highest BCUT2D eigenvalue weighted by atomic mass is 35.5. The van der Waals surface area contributed by atoms with Gasteiger partial charge < -0.3 is 25.4 Å². The van der Waals surface area contributed by atoms with E-state index in [9.17, 15) is 13.5 Å². The molecule has 4 aromatic rings. The molecule has 4 rings (SSSR count). The van der Waals surface area contributed by atoms with Gasteiger partial charge in [0.1, 0.15) is 12.5 Å². The van der Waals surface area contributed by atoms with Crippen molar-refractivity contribution in [1.82, 2.24) is 10.1 Å². The number of anilines is 3. The summed E-state index contributed by atoms with van der Waals surface area (Å²) in [4.78, 5) is 3.98. The molecule has 0 fully saturated rings. The Morgan fingerprint density at radius 1 is 1.15 bits per heavy atom. The Kier molecular flexibility index (Phi) is 8.76. The number of rotatable bonds is 11. The minimum absolute atomic E-state index is 0.0157. The van der Waals surface area contributed by atoms with E-state index in [1.807, 2.05) is 25.1 Å². The minimum Gasteiger partial charge on any atom is -0.395 e. The van der Waals surface area contributed by atoms with Gasteiger partial charge in [-0.3, -0.25) is 0 Å².